The van der Waals surface area contributed by atoms with Crippen molar-refractivity contribution in [1.82, 2.24) is 10.2 Å². The Balaban J connectivity index is 2.94. The standard InChI is InChI=1S/C14H28N2/c1-8-9-15-12-11(2)10-13(3,4)16(7)14(12,5)6/h8-9,11-12,15H,10H2,1-7H3. The molecule has 0 saturated carbocycles. The van der Waals surface area contributed by atoms with E-state index in [9.17, 15) is 0 Å². The second-order valence-electron chi connectivity index (χ2n) is 6.35. The number of hydrogen-bond acceptors (Lipinski definition) is 2. The molecule has 2 nitrogen and oxygen atoms in total. The van der Waals surface area contributed by atoms with Gasteiger partial charge in [0.05, 0.1) is 0 Å². The van der Waals surface area contributed by atoms with E-state index in [0.717, 1.165) is 0 Å². The van der Waals surface area contributed by atoms with E-state index >= 15 is 0 Å². The molecule has 2 atom stereocenters. The van der Waals surface area contributed by atoms with Gasteiger partial charge < -0.3 is 5.32 Å². The number of rotatable bonds is 2. The van der Waals surface area contributed by atoms with Crippen LogP contribution in [0.2, 0.25) is 0 Å². The van der Waals surface area contributed by atoms with Crippen LogP contribution >= 0.6 is 0 Å². The molecule has 0 aromatic rings. The average Bonchev–Trinajstić information content (AvgIpc) is 2.14. The summed E-state index contributed by atoms with van der Waals surface area (Å²) in [5, 5.41) is 3.56. The summed E-state index contributed by atoms with van der Waals surface area (Å²) in [7, 11) is 2.25. The van der Waals surface area contributed by atoms with E-state index in [2.05, 4.69) is 71.1 Å². The summed E-state index contributed by atoms with van der Waals surface area (Å²) < 4.78 is 0. The van der Waals surface area contributed by atoms with E-state index in [4.69, 9.17) is 0 Å². The molecule has 1 N–H and O–H groups in total. The van der Waals surface area contributed by atoms with E-state index in [1.807, 2.05) is 0 Å². The lowest BCUT2D eigenvalue weighted by molar-refractivity contribution is -0.0490. The van der Waals surface area contributed by atoms with Crippen LogP contribution in [-0.4, -0.2) is 29.1 Å². The van der Waals surface area contributed by atoms with E-state index in [1.54, 1.807) is 0 Å². The normalized spacial score (nSPS) is 34.2. The molecule has 94 valence electrons. The van der Waals surface area contributed by atoms with Crippen molar-refractivity contribution in [1.29, 1.82) is 0 Å². The number of likely N-dealkylation sites (N-methyl/N-ethyl adjacent to an activating group) is 1. The van der Waals surface area contributed by atoms with Gasteiger partial charge in [0.2, 0.25) is 0 Å². The van der Waals surface area contributed by atoms with E-state index in [-0.39, 0.29) is 11.1 Å². The fourth-order valence-corrected chi connectivity index (χ4v) is 3.30. The first-order valence-electron chi connectivity index (χ1n) is 6.34. The maximum absolute atomic E-state index is 3.56. The molecule has 0 bridgehead atoms. The first-order chi connectivity index (χ1) is 7.23. The Kier molecular flexibility index (Phi) is 3.73. The second-order valence-corrected chi connectivity index (χ2v) is 6.35. The fourth-order valence-electron chi connectivity index (χ4n) is 3.30. The molecule has 2 heteroatoms. The minimum atomic E-state index is 0.181. The summed E-state index contributed by atoms with van der Waals surface area (Å²) in [4.78, 5) is 2.52. The lowest BCUT2D eigenvalue weighted by Gasteiger charge is -2.57. The summed E-state index contributed by atoms with van der Waals surface area (Å²) >= 11 is 0. The number of piperidine rings is 1. The minimum absolute atomic E-state index is 0.181. The van der Waals surface area contributed by atoms with Gasteiger partial charge in [0, 0.05) is 17.1 Å². The van der Waals surface area contributed by atoms with Gasteiger partial charge in [-0.2, -0.15) is 0 Å². The molecule has 2 unspecified atom stereocenters. The predicted octanol–water partition coefficient (Wildman–Crippen LogP) is 3.01. The summed E-state index contributed by atoms with van der Waals surface area (Å²) in [6.07, 6.45) is 5.39. The molecule has 0 aromatic heterocycles. The van der Waals surface area contributed by atoms with Gasteiger partial charge in [0.25, 0.3) is 0 Å². The van der Waals surface area contributed by atoms with Crippen molar-refractivity contribution in [3.05, 3.63) is 12.3 Å². The van der Waals surface area contributed by atoms with E-state index in [0.29, 0.717) is 12.0 Å². The highest BCUT2D eigenvalue weighted by atomic mass is 15.3. The maximum atomic E-state index is 3.56. The third kappa shape index (κ3) is 2.27. The molecule has 1 heterocycles. The molecule has 1 rings (SSSR count). The molecule has 16 heavy (non-hydrogen) atoms. The summed E-state index contributed by atoms with van der Waals surface area (Å²) in [6.45, 7) is 13.8. The smallest absolute Gasteiger partial charge is 0.0460 e. The predicted molar refractivity (Wildman–Crippen MR) is 71.4 cm³/mol. The van der Waals surface area contributed by atoms with Gasteiger partial charge in [-0.1, -0.05) is 13.0 Å². The van der Waals surface area contributed by atoms with Crippen LogP contribution in [-0.2, 0) is 0 Å². The quantitative estimate of drug-likeness (QED) is 0.775. The van der Waals surface area contributed by atoms with Gasteiger partial charge >= 0.3 is 0 Å². The number of nitrogens with one attached hydrogen (secondary N) is 1. The van der Waals surface area contributed by atoms with Crippen LogP contribution < -0.4 is 5.32 Å². The Bertz CT molecular complexity index is 266. The number of hydrogen-bond donors (Lipinski definition) is 1. The molecule has 1 aliphatic rings. The van der Waals surface area contributed by atoms with Crippen LogP contribution in [0.4, 0.5) is 0 Å². The first-order valence-corrected chi connectivity index (χ1v) is 6.34. The molecule has 0 radical (unpaired) electrons. The van der Waals surface area contributed by atoms with Gasteiger partial charge in [-0.15, -0.1) is 0 Å². The fraction of sp³-hybridized carbons (Fsp3) is 0.857. The SMILES string of the molecule is CC=CNC1C(C)CC(C)(C)N(C)C1(C)C. The highest BCUT2D eigenvalue weighted by Gasteiger charge is 2.47. The third-order valence-corrected chi connectivity index (χ3v) is 4.37. The van der Waals surface area contributed by atoms with Crippen LogP contribution in [0.5, 0.6) is 0 Å². The summed E-state index contributed by atoms with van der Waals surface area (Å²) in [5.41, 5.74) is 0.470. The van der Waals surface area contributed by atoms with Crippen LogP contribution in [0.25, 0.3) is 0 Å². The van der Waals surface area contributed by atoms with Gasteiger partial charge in [-0.25, -0.2) is 0 Å². The molecule has 1 aliphatic heterocycles. The van der Waals surface area contributed by atoms with Crippen molar-refractivity contribution >= 4 is 0 Å². The van der Waals surface area contributed by atoms with Gasteiger partial charge in [0.1, 0.15) is 0 Å². The lowest BCUT2D eigenvalue weighted by Crippen LogP contribution is -2.68. The highest BCUT2D eigenvalue weighted by molar-refractivity contribution is 5.07. The molecule has 0 spiro atoms. The Morgan fingerprint density at radius 3 is 2.31 bits per heavy atom. The van der Waals surface area contributed by atoms with Gasteiger partial charge in [-0.3, -0.25) is 4.90 Å². The maximum Gasteiger partial charge on any atom is 0.0460 e. The Labute approximate surface area is 101 Å². The van der Waals surface area contributed by atoms with Crippen molar-refractivity contribution < 1.29 is 0 Å². The highest BCUT2D eigenvalue weighted by Crippen LogP contribution is 2.40. The number of nitrogens with zero attached hydrogens (tertiary/aromatic N) is 1. The monoisotopic (exact) mass is 224 g/mol. The molecular formula is C14H28N2. The molecule has 0 amide bonds. The lowest BCUT2D eigenvalue weighted by atomic mass is 9.71. The molecule has 1 fully saturated rings. The topological polar surface area (TPSA) is 15.3 Å². The number of allylic oxidation sites excluding steroid dienone is 1. The molecular weight excluding hydrogens is 196 g/mol. The molecule has 1 saturated heterocycles. The van der Waals surface area contributed by atoms with Crippen LogP contribution in [0.15, 0.2) is 12.3 Å². The zero-order valence-electron chi connectivity index (χ0n) is 12.0. The van der Waals surface area contributed by atoms with Crippen LogP contribution in [0.1, 0.15) is 48.0 Å². The van der Waals surface area contributed by atoms with Crippen molar-refractivity contribution in [3.63, 3.8) is 0 Å². The van der Waals surface area contributed by atoms with E-state index in [1.165, 1.54) is 6.42 Å². The van der Waals surface area contributed by atoms with Crippen molar-refractivity contribution in [2.24, 2.45) is 5.92 Å². The van der Waals surface area contributed by atoms with Crippen LogP contribution in [0.3, 0.4) is 0 Å². The summed E-state index contributed by atoms with van der Waals surface area (Å²) in [5.74, 6) is 0.692. The molecule has 0 aromatic carbocycles. The van der Waals surface area contributed by atoms with Crippen molar-refractivity contribution in [2.45, 2.75) is 65.1 Å². The summed E-state index contributed by atoms with van der Waals surface area (Å²) in [6, 6.07) is 0.515. The first kappa shape index (κ1) is 13.6. The minimum Gasteiger partial charge on any atom is -0.386 e. The Morgan fingerprint density at radius 2 is 1.81 bits per heavy atom. The van der Waals surface area contributed by atoms with Crippen LogP contribution in [0, 0.1) is 5.92 Å². The largest absolute Gasteiger partial charge is 0.386 e. The van der Waals surface area contributed by atoms with Gasteiger partial charge in [-0.05, 0) is 60.2 Å². The third-order valence-electron chi connectivity index (χ3n) is 4.37. The zero-order valence-corrected chi connectivity index (χ0v) is 12.0. The van der Waals surface area contributed by atoms with Crippen molar-refractivity contribution in [3.8, 4) is 0 Å². The van der Waals surface area contributed by atoms with Gasteiger partial charge in [0.15, 0.2) is 0 Å². The number of likely N-dealkylation sites (tertiary alicyclic amines) is 1. The van der Waals surface area contributed by atoms with Crippen molar-refractivity contribution in [2.75, 3.05) is 7.05 Å². The average molecular weight is 224 g/mol. The molecule has 0 aliphatic carbocycles. The Morgan fingerprint density at radius 1 is 1.25 bits per heavy atom. The second kappa shape index (κ2) is 4.40. The zero-order chi connectivity index (χ0) is 12.6. The Hall–Kier alpha value is -0.500. The van der Waals surface area contributed by atoms with E-state index < -0.39 is 0 Å².